The van der Waals surface area contributed by atoms with Crippen LogP contribution in [0, 0.1) is 0 Å². The third kappa shape index (κ3) is 2.94. The van der Waals surface area contributed by atoms with Crippen molar-refractivity contribution < 1.29 is 28.2 Å². The lowest BCUT2D eigenvalue weighted by Gasteiger charge is -2.24. The number of phenols is 1. The average molecular weight is 310 g/mol. The van der Waals surface area contributed by atoms with E-state index in [0.717, 1.165) is 0 Å². The highest BCUT2D eigenvalue weighted by molar-refractivity contribution is 6.32. The molecule has 1 rings (SSSR count). The lowest BCUT2D eigenvalue weighted by molar-refractivity contribution is -0.174. The van der Waals surface area contributed by atoms with Crippen LogP contribution in [0.1, 0.15) is 18.5 Å². The van der Waals surface area contributed by atoms with Crippen LogP contribution in [0.5, 0.6) is 11.5 Å². The van der Waals surface area contributed by atoms with Crippen molar-refractivity contribution in [3.63, 3.8) is 0 Å². The third-order valence-electron chi connectivity index (χ3n) is 2.60. The summed E-state index contributed by atoms with van der Waals surface area (Å²) in [6.45, 7) is 1.16. The molecule has 0 saturated heterocycles. The van der Waals surface area contributed by atoms with Gasteiger partial charge in [-0.3, -0.25) is 0 Å². The molecule has 0 fully saturated rings. The molecule has 20 heavy (non-hydrogen) atoms. The second-order valence-corrected chi connectivity index (χ2v) is 4.24. The van der Waals surface area contributed by atoms with E-state index in [2.05, 4.69) is 4.74 Å². The minimum absolute atomic E-state index is 0.108. The normalized spacial score (nSPS) is 12.9. The molecule has 0 aromatic heterocycles. The van der Waals surface area contributed by atoms with Crippen LogP contribution in [-0.4, -0.2) is 30.7 Å². The fourth-order valence-electron chi connectivity index (χ4n) is 1.58. The van der Waals surface area contributed by atoms with Gasteiger partial charge in [-0.1, -0.05) is 11.6 Å². The molecule has 0 heterocycles. The Hall–Kier alpha value is -1.60. The van der Waals surface area contributed by atoms with Gasteiger partial charge in [0.15, 0.2) is 0 Å². The van der Waals surface area contributed by atoms with E-state index in [1.807, 2.05) is 0 Å². The van der Waals surface area contributed by atoms with Gasteiger partial charge in [-0.2, -0.15) is 8.78 Å². The molecule has 0 radical (unpaired) electrons. The first kappa shape index (κ1) is 16.5. The van der Waals surface area contributed by atoms with Gasteiger partial charge < -0.3 is 20.3 Å². The van der Waals surface area contributed by atoms with Crippen LogP contribution in [0.15, 0.2) is 12.1 Å². The summed E-state index contributed by atoms with van der Waals surface area (Å²) in [5.74, 6) is -6.59. The minimum atomic E-state index is -4.04. The summed E-state index contributed by atoms with van der Waals surface area (Å²) in [7, 11) is 1.21. The molecule has 3 N–H and O–H groups in total. The first-order chi connectivity index (χ1) is 9.27. The van der Waals surface area contributed by atoms with E-state index in [4.69, 9.17) is 22.1 Å². The second-order valence-electron chi connectivity index (χ2n) is 3.83. The van der Waals surface area contributed by atoms with Gasteiger partial charge in [0.25, 0.3) is 0 Å². The summed E-state index contributed by atoms with van der Waals surface area (Å²) in [6.07, 6.45) is 0. The molecular weight excluding hydrogens is 296 g/mol. The number of benzene rings is 1. The molecule has 1 aromatic carbocycles. The summed E-state index contributed by atoms with van der Waals surface area (Å²) in [5.41, 5.74) is 4.94. The SMILES string of the molecule is CCOC(=O)C(F)(F)[C@H](N)c1c(OC)ccc(Cl)c1O. The van der Waals surface area contributed by atoms with Crippen LogP contribution in [0.3, 0.4) is 0 Å². The number of aromatic hydroxyl groups is 1. The van der Waals surface area contributed by atoms with Crippen LogP contribution < -0.4 is 10.5 Å². The van der Waals surface area contributed by atoms with Gasteiger partial charge in [0.2, 0.25) is 0 Å². The van der Waals surface area contributed by atoms with Crippen molar-refractivity contribution in [2.24, 2.45) is 5.73 Å². The lowest BCUT2D eigenvalue weighted by Crippen LogP contribution is -2.42. The van der Waals surface area contributed by atoms with Crippen molar-refractivity contribution in [3.05, 3.63) is 22.7 Å². The van der Waals surface area contributed by atoms with Crippen LogP contribution in [-0.2, 0) is 9.53 Å². The van der Waals surface area contributed by atoms with Gasteiger partial charge in [-0.15, -0.1) is 0 Å². The molecule has 1 aromatic rings. The summed E-state index contributed by atoms with van der Waals surface area (Å²) >= 11 is 5.66. The van der Waals surface area contributed by atoms with Crippen LogP contribution in [0.4, 0.5) is 8.78 Å². The molecule has 0 aliphatic rings. The second kappa shape index (κ2) is 6.23. The number of halogens is 3. The molecule has 5 nitrogen and oxygen atoms in total. The highest BCUT2D eigenvalue weighted by atomic mass is 35.5. The Morgan fingerprint density at radius 1 is 1.55 bits per heavy atom. The minimum Gasteiger partial charge on any atom is -0.506 e. The van der Waals surface area contributed by atoms with Crippen molar-refractivity contribution in [3.8, 4) is 11.5 Å². The summed E-state index contributed by atoms with van der Waals surface area (Å²) in [5, 5.41) is 9.59. The number of rotatable bonds is 5. The Labute approximate surface area is 119 Å². The Balaban J connectivity index is 3.30. The zero-order valence-electron chi connectivity index (χ0n) is 10.8. The van der Waals surface area contributed by atoms with E-state index >= 15 is 0 Å². The monoisotopic (exact) mass is 309 g/mol. The number of alkyl halides is 2. The Morgan fingerprint density at radius 2 is 2.15 bits per heavy atom. The zero-order valence-corrected chi connectivity index (χ0v) is 11.6. The third-order valence-corrected chi connectivity index (χ3v) is 2.90. The molecule has 0 aliphatic heterocycles. The number of nitrogens with two attached hydrogens (primary N) is 1. The summed E-state index contributed by atoms with van der Waals surface area (Å²) < 4.78 is 36.9. The maximum absolute atomic E-state index is 13.9. The molecule has 1 atom stereocenters. The number of phenolic OH excluding ortho intramolecular Hbond substituents is 1. The van der Waals surface area contributed by atoms with E-state index in [1.54, 1.807) is 0 Å². The van der Waals surface area contributed by atoms with Gasteiger partial charge >= 0.3 is 11.9 Å². The van der Waals surface area contributed by atoms with E-state index in [0.29, 0.717) is 0 Å². The van der Waals surface area contributed by atoms with Crippen molar-refractivity contribution in [2.45, 2.75) is 18.9 Å². The van der Waals surface area contributed by atoms with Crippen molar-refractivity contribution in [2.75, 3.05) is 13.7 Å². The Kier molecular flexibility index (Phi) is 5.13. The van der Waals surface area contributed by atoms with Crippen molar-refractivity contribution in [1.29, 1.82) is 0 Å². The number of ether oxygens (including phenoxy) is 2. The smallest absolute Gasteiger partial charge is 0.379 e. The molecule has 0 bridgehead atoms. The lowest BCUT2D eigenvalue weighted by atomic mass is 9.99. The first-order valence-corrected chi connectivity index (χ1v) is 6.01. The molecule has 0 amide bonds. The van der Waals surface area contributed by atoms with Crippen LogP contribution in [0.25, 0.3) is 0 Å². The zero-order chi connectivity index (χ0) is 15.5. The highest BCUT2D eigenvalue weighted by Gasteiger charge is 2.49. The molecule has 112 valence electrons. The van der Waals surface area contributed by atoms with Gasteiger partial charge in [-0.25, -0.2) is 4.79 Å². The van der Waals surface area contributed by atoms with Crippen molar-refractivity contribution in [1.82, 2.24) is 0 Å². The fraction of sp³-hybridized carbons (Fsp3) is 0.417. The van der Waals surface area contributed by atoms with E-state index in [1.165, 1.54) is 26.2 Å². The predicted molar refractivity (Wildman–Crippen MR) is 68.2 cm³/mol. The standard InChI is InChI=1S/C12H14ClF2NO4/c1-3-20-11(18)12(14,15)10(16)8-7(19-2)5-4-6(13)9(8)17/h4-5,10,17H,3,16H2,1-2H3/t10-/m1/s1. The van der Waals surface area contributed by atoms with Gasteiger partial charge in [0, 0.05) is 0 Å². The van der Waals surface area contributed by atoms with Gasteiger partial charge in [0.05, 0.1) is 24.3 Å². The fourth-order valence-corrected chi connectivity index (χ4v) is 1.74. The predicted octanol–water partition coefficient (Wildman–Crippen LogP) is 2.25. The molecule has 0 unspecified atom stereocenters. The molecule has 0 saturated carbocycles. The highest BCUT2D eigenvalue weighted by Crippen LogP contribution is 2.43. The number of esters is 1. The summed E-state index contributed by atoms with van der Waals surface area (Å²) in [6, 6.07) is 0.364. The van der Waals surface area contributed by atoms with Gasteiger partial charge in [-0.05, 0) is 19.1 Å². The average Bonchev–Trinajstić information content (AvgIpc) is 2.41. The number of methoxy groups -OCH3 is 1. The summed E-state index contributed by atoms with van der Waals surface area (Å²) in [4.78, 5) is 11.3. The van der Waals surface area contributed by atoms with Crippen LogP contribution in [0.2, 0.25) is 5.02 Å². The topological polar surface area (TPSA) is 81.8 Å². The number of hydrogen-bond acceptors (Lipinski definition) is 5. The number of carbonyl (C=O) groups excluding carboxylic acids is 1. The molecule has 0 spiro atoms. The number of carbonyl (C=O) groups is 1. The largest absolute Gasteiger partial charge is 0.506 e. The Bertz CT molecular complexity index is 510. The van der Waals surface area contributed by atoms with Crippen molar-refractivity contribution >= 4 is 17.6 Å². The van der Waals surface area contributed by atoms with E-state index in [-0.39, 0.29) is 17.4 Å². The number of hydrogen-bond donors (Lipinski definition) is 2. The molecule has 8 heteroatoms. The van der Waals surface area contributed by atoms with E-state index in [9.17, 15) is 18.7 Å². The van der Waals surface area contributed by atoms with E-state index < -0.39 is 29.2 Å². The van der Waals surface area contributed by atoms with Crippen LogP contribution >= 0.6 is 11.6 Å². The molecule has 0 aliphatic carbocycles. The molecular formula is C12H14ClF2NO4. The first-order valence-electron chi connectivity index (χ1n) is 5.63. The Morgan fingerprint density at radius 3 is 2.65 bits per heavy atom. The quantitative estimate of drug-likeness (QED) is 0.815. The maximum atomic E-state index is 13.9. The van der Waals surface area contributed by atoms with Gasteiger partial charge in [0.1, 0.15) is 17.5 Å². The maximum Gasteiger partial charge on any atom is 0.379 e.